The summed E-state index contributed by atoms with van der Waals surface area (Å²) in [7, 11) is -2.20. The molecule has 1 aromatic heterocycles. The smallest absolute Gasteiger partial charge is 0.382 e. The summed E-state index contributed by atoms with van der Waals surface area (Å²) in [5, 5.41) is 2.59. The number of nitrogens with zero attached hydrogens (tertiary/aromatic N) is 4. The molecule has 4 rings (SSSR count). The summed E-state index contributed by atoms with van der Waals surface area (Å²) >= 11 is 0. The lowest BCUT2D eigenvalue weighted by Gasteiger charge is -2.35. The number of nitrogens with two attached hydrogens (primary N) is 1. The largest absolute Gasteiger partial charge is 0.416 e. The summed E-state index contributed by atoms with van der Waals surface area (Å²) in [6.07, 6.45) is -1.16. The third-order valence-corrected chi connectivity index (χ3v) is 7.60. The highest BCUT2D eigenvalue weighted by atomic mass is 31.2. The summed E-state index contributed by atoms with van der Waals surface area (Å²) in [4.78, 5) is 25.3. The van der Waals surface area contributed by atoms with Crippen LogP contribution < -0.4 is 11.1 Å². The number of carbonyl (C=O) groups is 1. The van der Waals surface area contributed by atoms with Crippen molar-refractivity contribution in [2.24, 2.45) is 0 Å². The number of nitrogens with one attached hydrogen (secondary N) is 1. The molecule has 12 heteroatoms. The number of aromatic nitrogens is 2. The van der Waals surface area contributed by atoms with E-state index in [2.05, 4.69) is 20.2 Å². The van der Waals surface area contributed by atoms with Crippen LogP contribution in [0.1, 0.15) is 27.0 Å². The quantitative estimate of drug-likeness (QED) is 0.392. The number of amides is 1. The van der Waals surface area contributed by atoms with Crippen LogP contribution in [0.2, 0.25) is 0 Å². The molecule has 39 heavy (non-hydrogen) atoms. The second-order valence-corrected chi connectivity index (χ2v) is 13.7. The fraction of sp³-hybridized carbons (Fsp3) is 0.370. The van der Waals surface area contributed by atoms with Crippen LogP contribution in [0.3, 0.4) is 0 Å². The molecular formula is C27H32F3N6O2P. The highest BCUT2D eigenvalue weighted by Crippen LogP contribution is 2.37. The number of aryl methyl sites for hydroxylation is 1. The van der Waals surface area contributed by atoms with Gasteiger partial charge in [-0.25, -0.2) is 4.98 Å². The van der Waals surface area contributed by atoms with Gasteiger partial charge in [-0.05, 0) is 55.6 Å². The maximum atomic E-state index is 14.0. The number of rotatable bonds is 7. The molecule has 1 saturated heterocycles. The van der Waals surface area contributed by atoms with Crippen LogP contribution in [0.5, 0.6) is 0 Å². The maximum absolute atomic E-state index is 14.0. The molecule has 3 N–H and O–H groups in total. The van der Waals surface area contributed by atoms with Crippen molar-refractivity contribution in [2.45, 2.75) is 19.6 Å². The molecule has 0 unspecified atom stereocenters. The third kappa shape index (κ3) is 7.65. The van der Waals surface area contributed by atoms with Gasteiger partial charge in [0.25, 0.3) is 5.91 Å². The molecule has 1 amide bonds. The van der Waals surface area contributed by atoms with Gasteiger partial charge in [0.1, 0.15) is 5.82 Å². The molecule has 0 atom stereocenters. The van der Waals surface area contributed by atoms with Gasteiger partial charge in [0.2, 0.25) is 0 Å². The van der Waals surface area contributed by atoms with E-state index in [9.17, 15) is 22.5 Å². The minimum atomic E-state index is -4.58. The Morgan fingerprint density at radius 2 is 1.72 bits per heavy atom. The number of hydrogen-bond acceptors (Lipinski definition) is 7. The molecule has 1 fully saturated rings. The Morgan fingerprint density at radius 3 is 2.33 bits per heavy atom. The Hall–Kier alpha value is -3.27. The lowest BCUT2D eigenvalue weighted by Crippen LogP contribution is -2.46. The van der Waals surface area contributed by atoms with E-state index in [0.29, 0.717) is 43.7 Å². The number of alkyl halides is 3. The number of anilines is 2. The Bertz CT molecular complexity index is 1380. The van der Waals surface area contributed by atoms with Gasteiger partial charge in [-0.2, -0.15) is 13.2 Å². The number of nitrogen functional groups attached to an aromatic ring is 1. The Labute approximate surface area is 225 Å². The van der Waals surface area contributed by atoms with Crippen molar-refractivity contribution in [2.75, 3.05) is 56.8 Å². The summed E-state index contributed by atoms with van der Waals surface area (Å²) in [6, 6.07) is 8.86. The van der Waals surface area contributed by atoms with Crippen molar-refractivity contribution in [3.05, 3.63) is 71.0 Å². The maximum Gasteiger partial charge on any atom is 0.416 e. The van der Waals surface area contributed by atoms with Crippen molar-refractivity contribution in [3.8, 4) is 11.3 Å². The first-order chi connectivity index (χ1) is 18.3. The standard InChI is InChI=1S/C27H32F3N6O2P/c1-18-4-5-19(12-22(18)24-14-33-25(31)15-32-24)26(37)34-21-7-6-20(23(13-21)27(28,29)30)16-35-8-10-36(11-9-35)17-39(2,3)38/h4-7,12-15H,8-11,16-17H2,1-3H3,(H2,31,33)(H,34,37). The summed E-state index contributed by atoms with van der Waals surface area (Å²) in [6.45, 7) is 7.95. The zero-order valence-corrected chi connectivity index (χ0v) is 23.0. The molecule has 208 valence electrons. The average Bonchev–Trinajstić information content (AvgIpc) is 2.85. The van der Waals surface area contributed by atoms with Crippen LogP contribution in [0.25, 0.3) is 11.3 Å². The van der Waals surface area contributed by atoms with E-state index < -0.39 is 24.8 Å². The molecule has 1 aliphatic rings. The number of piperazine rings is 1. The lowest BCUT2D eigenvalue weighted by molar-refractivity contribution is -0.138. The molecule has 2 aromatic carbocycles. The number of halogens is 3. The predicted octanol–water partition coefficient (Wildman–Crippen LogP) is 5.00. The molecule has 8 nitrogen and oxygen atoms in total. The minimum absolute atomic E-state index is 0.0527. The zero-order valence-electron chi connectivity index (χ0n) is 22.1. The van der Waals surface area contributed by atoms with Crippen molar-refractivity contribution in [3.63, 3.8) is 0 Å². The monoisotopic (exact) mass is 560 g/mol. The predicted molar refractivity (Wildman–Crippen MR) is 147 cm³/mol. The first-order valence-corrected chi connectivity index (χ1v) is 15.3. The normalized spacial score (nSPS) is 15.3. The van der Waals surface area contributed by atoms with Crippen LogP contribution in [-0.4, -0.2) is 71.5 Å². The zero-order chi connectivity index (χ0) is 28.4. The van der Waals surface area contributed by atoms with Crippen molar-refractivity contribution >= 4 is 24.6 Å². The van der Waals surface area contributed by atoms with Gasteiger partial charge in [-0.15, -0.1) is 0 Å². The van der Waals surface area contributed by atoms with Crippen molar-refractivity contribution in [1.29, 1.82) is 0 Å². The van der Waals surface area contributed by atoms with Crippen LogP contribution in [-0.2, 0) is 17.3 Å². The molecule has 0 saturated carbocycles. The first-order valence-electron chi connectivity index (χ1n) is 12.5. The summed E-state index contributed by atoms with van der Waals surface area (Å²) in [5.41, 5.74) is 7.34. The van der Waals surface area contributed by atoms with E-state index in [1.807, 2.05) is 11.8 Å². The Balaban J connectivity index is 1.49. The van der Waals surface area contributed by atoms with Gasteiger partial charge >= 0.3 is 6.18 Å². The molecule has 0 radical (unpaired) electrons. The van der Waals surface area contributed by atoms with E-state index in [1.165, 1.54) is 24.5 Å². The van der Waals surface area contributed by atoms with Gasteiger partial charge in [0, 0.05) is 49.5 Å². The molecule has 1 aliphatic heterocycles. The summed E-state index contributed by atoms with van der Waals surface area (Å²) < 4.78 is 54.1. The highest BCUT2D eigenvalue weighted by Gasteiger charge is 2.34. The van der Waals surface area contributed by atoms with Crippen LogP contribution in [0, 0.1) is 6.92 Å². The summed E-state index contributed by atoms with van der Waals surface area (Å²) in [5.74, 6) is -0.276. The first kappa shape index (κ1) is 28.7. The van der Waals surface area contributed by atoms with E-state index in [0.717, 1.165) is 11.6 Å². The highest BCUT2D eigenvalue weighted by molar-refractivity contribution is 7.62. The molecule has 0 bridgehead atoms. The van der Waals surface area contributed by atoms with Gasteiger partial charge in [-0.1, -0.05) is 12.1 Å². The van der Waals surface area contributed by atoms with E-state index in [1.54, 1.807) is 31.5 Å². The van der Waals surface area contributed by atoms with E-state index >= 15 is 0 Å². The molecule has 0 aliphatic carbocycles. The molecule has 2 heterocycles. The third-order valence-electron chi connectivity index (χ3n) is 6.52. The second kappa shape index (κ2) is 11.5. The van der Waals surface area contributed by atoms with Crippen LogP contribution in [0.4, 0.5) is 24.7 Å². The van der Waals surface area contributed by atoms with E-state index in [4.69, 9.17) is 5.73 Å². The SMILES string of the molecule is Cc1ccc(C(=O)Nc2ccc(CN3CCN(CP(C)(C)=O)CC3)c(C(F)(F)F)c2)cc1-c1cnc(N)cn1. The van der Waals surface area contributed by atoms with Gasteiger partial charge in [-0.3, -0.25) is 19.6 Å². The van der Waals surface area contributed by atoms with Crippen LogP contribution >= 0.6 is 7.14 Å². The van der Waals surface area contributed by atoms with E-state index in [-0.39, 0.29) is 29.2 Å². The van der Waals surface area contributed by atoms with Crippen molar-refractivity contribution in [1.82, 2.24) is 19.8 Å². The second-order valence-electron chi connectivity index (χ2n) is 10.3. The minimum Gasteiger partial charge on any atom is -0.382 e. The van der Waals surface area contributed by atoms with Gasteiger partial charge in [0.15, 0.2) is 0 Å². The fourth-order valence-corrected chi connectivity index (χ4v) is 5.83. The number of hydrogen-bond donors (Lipinski definition) is 2. The average molecular weight is 561 g/mol. The Morgan fingerprint density at radius 1 is 1.03 bits per heavy atom. The molecular weight excluding hydrogens is 528 g/mol. The number of carbonyl (C=O) groups excluding carboxylic acids is 1. The van der Waals surface area contributed by atoms with Gasteiger partial charge < -0.3 is 15.6 Å². The number of benzene rings is 2. The molecule has 3 aromatic rings. The fourth-order valence-electron chi connectivity index (χ4n) is 4.59. The van der Waals surface area contributed by atoms with Crippen LogP contribution in [0.15, 0.2) is 48.8 Å². The van der Waals surface area contributed by atoms with Crippen molar-refractivity contribution < 1.29 is 22.5 Å². The Kier molecular flexibility index (Phi) is 8.44. The molecule has 0 spiro atoms. The topological polar surface area (TPSA) is 104 Å². The lowest BCUT2D eigenvalue weighted by atomic mass is 10.0. The van der Waals surface area contributed by atoms with Gasteiger partial charge in [0.05, 0.1) is 37.1 Å².